The van der Waals surface area contributed by atoms with Crippen molar-refractivity contribution in [3.05, 3.63) is 77.6 Å². The molecule has 0 unspecified atom stereocenters. The van der Waals surface area contributed by atoms with Crippen LogP contribution in [0.15, 0.2) is 48.7 Å². The highest BCUT2D eigenvalue weighted by molar-refractivity contribution is 5.95. The van der Waals surface area contributed by atoms with Gasteiger partial charge in [-0.15, -0.1) is 0 Å². The molecule has 0 aliphatic rings. The number of carbonyl (C=O) groups excluding carboxylic acids is 2. The number of hydrogen-bond donors (Lipinski definition) is 0. The van der Waals surface area contributed by atoms with E-state index >= 15 is 0 Å². The monoisotopic (exact) mass is 427 g/mol. The highest BCUT2D eigenvalue weighted by atomic mass is 19.1. The van der Waals surface area contributed by atoms with Crippen LogP contribution in [0, 0.1) is 17.7 Å². The minimum Gasteiger partial charge on any atom is -0.313 e. The van der Waals surface area contributed by atoms with E-state index in [-0.39, 0.29) is 47.9 Å². The zero-order chi connectivity index (χ0) is 22.5. The topological polar surface area (TPSA) is 63.2 Å². The molecule has 1 aromatic carbocycles. The molecule has 2 aromatic heterocycles. The molecule has 2 heterocycles. The number of amides is 1. The van der Waals surface area contributed by atoms with Crippen LogP contribution in [0.25, 0.3) is 11.1 Å². The maximum Gasteiger partial charge on any atom is 0.226 e. The molecule has 0 radical (unpaired) electrons. The van der Waals surface area contributed by atoms with Gasteiger partial charge in [-0.3, -0.25) is 14.6 Å². The maximum absolute atomic E-state index is 14.5. The van der Waals surface area contributed by atoms with Gasteiger partial charge in [0.1, 0.15) is 11.5 Å². The molecule has 0 aliphatic heterocycles. The molecule has 0 aliphatic carbocycles. The number of carbonyl (C=O) groups is 2. The van der Waals surface area contributed by atoms with Crippen LogP contribution in [0.1, 0.15) is 35.8 Å². The van der Waals surface area contributed by atoms with E-state index in [1.165, 1.54) is 42.4 Å². The van der Waals surface area contributed by atoms with Gasteiger partial charge in [0.2, 0.25) is 17.8 Å². The van der Waals surface area contributed by atoms with Gasteiger partial charge < -0.3 is 4.90 Å². The van der Waals surface area contributed by atoms with Crippen LogP contribution in [0.5, 0.6) is 0 Å². The number of aryl methyl sites for hydroxylation is 1. The molecule has 0 saturated carbocycles. The minimum absolute atomic E-state index is 0.0162. The Kier molecular flexibility index (Phi) is 6.79. The van der Waals surface area contributed by atoms with Crippen molar-refractivity contribution in [1.29, 1.82) is 0 Å². The number of ketones is 1. The van der Waals surface area contributed by atoms with E-state index in [0.717, 1.165) is 6.07 Å². The summed E-state index contributed by atoms with van der Waals surface area (Å²) in [4.78, 5) is 32.6. The Morgan fingerprint density at radius 2 is 1.74 bits per heavy atom. The Balaban J connectivity index is 1.70. The third-order valence-electron chi connectivity index (χ3n) is 4.88. The molecule has 5 nitrogen and oxygen atoms in total. The predicted octanol–water partition coefficient (Wildman–Crippen LogP) is 4.75. The first kappa shape index (κ1) is 22.1. The number of nitrogens with zero attached hydrogens (tertiary/aromatic N) is 3. The number of rotatable bonds is 7. The van der Waals surface area contributed by atoms with Gasteiger partial charge in [-0.25, -0.2) is 4.39 Å². The van der Waals surface area contributed by atoms with Crippen LogP contribution in [0.3, 0.4) is 0 Å². The summed E-state index contributed by atoms with van der Waals surface area (Å²) in [6, 6.07) is 9.92. The van der Waals surface area contributed by atoms with Gasteiger partial charge in [-0.05, 0) is 42.3 Å². The van der Waals surface area contributed by atoms with Gasteiger partial charge in [0.15, 0.2) is 5.78 Å². The number of benzene rings is 1. The number of Topliss-reactive ketones (excluding diaryl/α,β-unsaturated/α-hetero) is 1. The second-order valence-electron chi connectivity index (χ2n) is 6.91. The van der Waals surface area contributed by atoms with Crippen molar-refractivity contribution < 1.29 is 22.8 Å². The van der Waals surface area contributed by atoms with E-state index < -0.39 is 17.7 Å². The molecule has 1 amide bonds. The zero-order valence-electron chi connectivity index (χ0n) is 17.0. The Morgan fingerprint density at radius 1 is 1.00 bits per heavy atom. The van der Waals surface area contributed by atoms with E-state index in [1.54, 1.807) is 19.1 Å². The van der Waals surface area contributed by atoms with Gasteiger partial charge >= 0.3 is 0 Å². The zero-order valence-corrected chi connectivity index (χ0v) is 17.0. The lowest BCUT2D eigenvalue weighted by Crippen LogP contribution is -2.25. The number of aromatic nitrogens is 2. The van der Waals surface area contributed by atoms with Gasteiger partial charge in [0.05, 0.1) is 5.69 Å². The Hall–Kier alpha value is -3.55. The first-order valence-electron chi connectivity index (χ1n) is 9.66. The second kappa shape index (κ2) is 9.51. The lowest BCUT2D eigenvalue weighted by atomic mass is 10.0. The summed E-state index contributed by atoms with van der Waals surface area (Å²) in [6.07, 6.45) is 1.76. The third kappa shape index (κ3) is 5.14. The quantitative estimate of drug-likeness (QED) is 0.403. The largest absolute Gasteiger partial charge is 0.313 e. The van der Waals surface area contributed by atoms with E-state index in [1.807, 2.05) is 0 Å². The minimum atomic E-state index is -0.937. The van der Waals surface area contributed by atoms with Crippen molar-refractivity contribution in [2.45, 2.75) is 26.2 Å². The number of pyridine rings is 2. The van der Waals surface area contributed by atoms with Crippen molar-refractivity contribution in [2.75, 3.05) is 11.9 Å². The summed E-state index contributed by atoms with van der Waals surface area (Å²) in [5.74, 6) is -2.91. The Morgan fingerprint density at radius 3 is 2.35 bits per heavy atom. The molecule has 160 valence electrons. The molecule has 0 atom stereocenters. The summed E-state index contributed by atoms with van der Waals surface area (Å²) in [6.45, 7) is 1.70. The fourth-order valence-corrected chi connectivity index (χ4v) is 3.06. The number of halogens is 3. The van der Waals surface area contributed by atoms with Crippen LogP contribution in [0.2, 0.25) is 0 Å². The van der Waals surface area contributed by atoms with Crippen molar-refractivity contribution in [2.24, 2.45) is 0 Å². The van der Waals surface area contributed by atoms with Crippen LogP contribution < -0.4 is 4.90 Å². The average molecular weight is 427 g/mol. The van der Waals surface area contributed by atoms with Gasteiger partial charge in [-0.1, -0.05) is 19.1 Å². The molecule has 0 saturated heterocycles. The van der Waals surface area contributed by atoms with E-state index in [9.17, 15) is 22.8 Å². The molecule has 0 N–H and O–H groups in total. The molecule has 3 aromatic rings. The molecule has 8 heteroatoms. The first-order chi connectivity index (χ1) is 14.8. The highest BCUT2D eigenvalue weighted by Crippen LogP contribution is 2.26. The molecule has 3 rings (SSSR count). The van der Waals surface area contributed by atoms with Crippen LogP contribution in [-0.4, -0.2) is 28.7 Å². The van der Waals surface area contributed by atoms with Gasteiger partial charge in [0.25, 0.3) is 0 Å². The molecule has 0 fully saturated rings. The fraction of sp³-hybridized carbons (Fsp3) is 0.217. The van der Waals surface area contributed by atoms with Crippen LogP contribution in [-0.2, 0) is 11.2 Å². The van der Waals surface area contributed by atoms with Crippen LogP contribution in [0.4, 0.5) is 18.9 Å². The normalized spacial score (nSPS) is 10.7. The van der Waals surface area contributed by atoms with Gasteiger partial charge in [0, 0.05) is 37.2 Å². The average Bonchev–Trinajstić information content (AvgIpc) is 2.77. The van der Waals surface area contributed by atoms with Crippen molar-refractivity contribution >= 4 is 17.4 Å². The fourth-order valence-electron chi connectivity index (χ4n) is 3.06. The molecular formula is C23H20F3N3O2. The van der Waals surface area contributed by atoms with E-state index in [0.29, 0.717) is 11.1 Å². The van der Waals surface area contributed by atoms with E-state index in [4.69, 9.17) is 0 Å². The molecule has 0 spiro atoms. The highest BCUT2D eigenvalue weighted by Gasteiger charge is 2.15. The summed E-state index contributed by atoms with van der Waals surface area (Å²) in [7, 11) is 1.51. The summed E-state index contributed by atoms with van der Waals surface area (Å²) in [5, 5.41) is 0. The molecule has 31 heavy (non-hydrogen) atoms. The standard InChI is InChI=1S/C23H20F3N3O2/c1-3-22(31)29(2)19-9-5-15(12-17(19)24)16-4-8-18(27-13-16)20(30)10-6-14-7-11-21(25)28-23(14)26/h4-5,7-9,11-13H,3,6,10H2,1-2H3. The predicted molar refractivity (Wildman–Crippen MR) is 110 cm³/mol. The first-order valence-corrected chi connectivity index (χ1v) is 9.66. The van der Waals surface area contributed by atoms with Gasteiger partial charge in [-0.2, -0.15) is 13.8 Å². The van der Waals surface area contributed by atoms with Crippen molar-refractivity contribution in [3.63, 3.8) is 0 Å². The molecule has 0 bridgehead atoms. The summed E-state index contributed by atoms with van der Waals surface area (Å²) >= 11 is 0. The Labute approximate surface area is 177 Å². The summed E-state index contributed by atoms with van der Waals surface area (Å²) in [5.41, 5.74) is 1.65. The van der Waals surface area contributed by atoms with Crippen LogP contribution >= 0.6 is 0 Å². The van der Waals surface area contributed by atoms with Crippen molar-refractivity contribution in [1.82, 2.24) is 9.97 Å². The SMILES string of the molecule is CCC(=O)N(C)c1ccc(-c2ccc(C(=O)CCc3ccc(F)nc3F)nc2)cc1F. The van der Waals surface area contributed by atoms with E-state index in [2.05, 4.69) is 9.97 Å². The Bertz CT molecular complexity index is 1120. The van der Waals surface area contributed by atoms with Crippen molar-refractivity contribution in [3.8, 4) is 11.1 Å². The third-order valence-corrected chi connectivity index (χ3v) is 4.88. The maximum atomic E-state index is 14.5. The molecular weight excluding hydrogens is 407 g/mol. The number of anilines is 1. The number of hydrogen-bond acceptors (Lipinski definition) is 4. The smallest absolute Gasteiger partial charge is 0.226 e. The lowest BCUT2D eigenvalue weighted by Gasteiger charge is -2.17. The summed E-state index contributed by atoms with van der Waals surface area (Å²) < 4.78 is 40.9. The second-order valence-corrected chi connectivity index (χ2v) is 6.91. The lowest BCUT2D eigenvalue weighted by molar-refractivity contribution is -0.118.